The van der Waals surface area contributed by atoms with Gasteiger partial charge in [-0.3, -0.25) is 0 Å². The third kappa shape index (κ3) is 7.85. The first-order valence-electron chi connectivity index (χ1n) is 7.92. The van der Waals surface area contributed by atoms with Crippen LogP contribution < -0.4 is 5.32 Å². The minimum Gasteiger partial charge on any atom is -0.318 e. The summed E-state index contributed by atoms with van der Waals surface area (Å²) in [5, 5.41) is 15.9. The van der Waals surface area contributed by atoms with Crippen LogP contribution in [0.1, 0.15) is 58.3 Å². The first-order chi connectivity index (χ1) is 9.88. The normalized spacial score (nSPS) is 11.1. The average Bonchev–Trinajstić information content (AvgIpc) is 2.91. The molecule has 5 nitrogen and oxygen atoms in total. The number of nitrogens with one attached hydrogen (secondary N) is 1. The number of hydrogen-bond acceptors (Lipinski definition) is 5. The summed E-state index contributed by atoms with van der Waals surface area (Å²) in [6, 6.07) is 0. The molecule has 0 saturated carbocycles. The van der Waals surface area contributed by atoms with E-state index in [2.05, 4.69) is 27.8 Å². The van der Waals surface area contributed by atoms with Crippen LogP contribution in [0.2, 0.25) is 0 Å². The predicted octanol–water partition coefficient (Wildman–Crippen LogP) is 3.13. The minimum atomic E-state index is 0.837. The second-order valence-corrected chi connectivity index (χ2v) is 6.17. The van der Waals surface area contributed by atoms with Crippen molar-refractivity contribution < 1.29 is 0 Å². The van der Waals surface area contributed by atoms with Crippen LogP contribution in [0, 0.1) is 0 Å². The van der Waals surface area contributed by atoms with E-state index in [1.807, 2.05) is 11.7 Å². The lowest BCUT2D eigenvalue weighted by atomic mass is 10.1. The van der Waals surface area contributed by atoms with Crippen molar-refractivity contribution in [3.63, 3.8) is 0 Å². The Hall–Kier alpha value is -0.620. The van der Waals surface area contributed by atoms with E-state index in [1.54, 1.807) is 11.8 Å². The van der Waals surface area contributed by atoms with E-state index in [9.17, 15) is 0 Å². The summed E-state index contributed by atoms with van der Waals surface area (Å²) in [4.78, 5) is 0. The number of rotatable bonds is 13. The predicted molar refractivity (Wildman–Crippen MR) is 85.1 cm³/mol. The van der Waals surface area contributed by atoms with Crippen LogP contribution in [-0.4, -0.2) is 39.6 Å². The minimum absolute atomic E-state index is 0.837. The van der Waals surface area contributed by atoms with E-state index in [0.717, 1.165) is 24.0 Å². The quantitative estimate of drug-likeness (QED) is 0.448. The van der Waals surface area contributed by atoms with Gasteiger partial charge in [-0.1, -0.05) is 63.6 Å². The molecule has 1 aromatic rings. The largest absolute Gasteiger partial charge is 0.318 e. The third-order valence-electron chi connectivity index (χ3n) is 3.30. The van der Waals surface area contributed by atoms with Crippen LogP contribution in [0.5, 0.6) is 0 Å². The Balaban J connectivity index is 1.99. The molecule has 0 bridgehead atoms. The standard InChI is InChI=1S/C14H29N5S/c1-3-4-5-6-7-8-9-10-13-20-14-16-17-18-19(14)12-11-15-2/h15H,3-13H2,1-2H3. The number of nitrogens with zero attached hydrogens (tertiary/aromatic N) is 4. The molecule has 0 aliphatic heterocycles. The van der Waals surface area contributed by atoms with E-state index in [0.29, 0.717) is 0 Å². The molecule has 0 fully saturated rings. The highest BCUT2D eigenvalue weighted by Gasteiger charge is 2.05. The maximum Gasteiger partial charge on any atom is 0.209 e. The van der Waals surface area contributed by atoms with E-state index in [4.69, 9.17) is 0 Å². The maximum absolute atomic E-state index is 4.07. The molecule has 0 radical (unpaired) electrons. The van der Waals surface area contributed by atoms with Gasteiger partial charge in [0.25, 0.3) is 0 Å². The molecule has 1 heterocycles. The van der Waals surface area contributed by atoms with Gasteiger partial charge in [0, 0.05) is 12.3 Å². The molecule has 20 heavy (non-hydrogen) atoms. The molecular weight excluding hydrogens is 270 g/mol. The van der Waals surface area contributed by atoms with E-state index in [1.165, 1.54) is 51.4 Å². The zero-order valence-corrected chi connectivity index (χ0v) is 13.8. The lowest BCUT2D eigenvalue weighted by molar-refractivity contribution is 0.529. The number of thioether (sulfide) groups is 1. The summed E-state index contributed by atoms with van der Waals surface area (Å²) >= 11 is 1.78. The molecule has 0 spiro atoms. The van der Waals surface area contributed by atoms with Crippen molar-refractivity contribution >= 4 is 11.8 Å². The number of aromatic nitrogens is 4. The number of unbranched alkanes of at least 4 members (excludes halogenated alkanes) is 7. The van der Waals surface area contributed by atoms with Gasteiger partial charge < -0.3 is 5.32 Å². The molecule has 0 aliphatic carbocycles. The fourth-order valence-corrected chi connectivity index (χ4v) is 2.96. The van der Waals surface area contributed by atoms with Crippen LogP contribution in [0.25, 0.3) is 0 Å². The van der Waals surface area contributed by atoms with Crippen molar-refractivity contribution in [1.82, 2.24) is 25.5 Å². The van der Waals surface area contributed by atoms with Gasteiger partial charge in [0.1, 0.15) is 0 Å². The molecule has 1 N–H and O–H groups in total. The molecule has 0 aliphatic rings. The van der Waals surface area contributed by atoms with Gasteiger partial charge >= 0.3 is 0 Å². The third-order valence-corrected chi connectivity index (χ3v) is 4.35. The molecule has 0 unspecified atom stereocenters. The van der Waals surface area contributed by atoms with Crippen molar-refractivity contribution in [2.45, 2.75) is 70.0 Å². The molecule has 116 valence electrons. The molecule has 0 aromatic carbocycles. The Morgan fingerprint density at radius 1 is 1.05 bits per heavy atom. The van der Waals surface area contributed by atoms with Gasteiger partial charge in [-0.25, -0.2) is 4.68 Å². The van der Waals surface area contributed by atoms with Gasteiger partial charge in [-0.05, 0) is 23.9 Å². The van der Waals surface area contributed by atoms with Crippen molar-refractivity contribution in [3.8, 4) is 0 Å². The van der Waals surface area contributed by atoms with E-state index >= 15 is 0 Å². The Kier molecular flexibility index (Phi) is 10.6. The zero-order valence-electron chi connectivity index (χ0n) is 13.0. The smallest absolute Gasteiger partial charge is 0.209 e. The number of hydrogen-bond donors (Lipinski definition) is 1. The molecular formula is C14H29N5S. The van der Waals surface area contributed by atoms with Gasteiger partial charge in [0.2, 0.25) is 5.16 Å². The van der Waals surface area contributed by atoms with Crippen LogP contribution in [-0.2, 0) is 6.54 Å². The van der Waals surface area contributed by atoms with Crippen LogP contribution >= 0.6 is 11.8 Å². The first-order valence-corrected chi connectivity index (χ1v) is 8.90. The van der Waals surface area contributed by atoms with Gasteiger partial charge in [-0.15, -0.1) is 5.10 Å². The van der Waals surface area contributed by atoms with Crippen LogP contribution in [0.15, 0.2) is 5.16 Å². The summed E-state index contributed by atoms with van der Waals surface area (Å²) in [5.41, 5.74) is 0. The Bertz CT molecular complexity index is 329. The Morgan fingerprint density at radius 2 is 1.75 bits per heavy atom. The van der Waals surface area contributed by atoms with Gasteiger partial charge in [0.05, 0.1) is 6.54 Å². The molecule has 1 rings (SSSR count). The molecule has 1 aromatic heterocycles. The number of tetrazole rings is 1. The van der Waals surface area contributed by atoms with E-state index in [-0.39, 0.29) is 0 Å². The van der Waals surface area contributed by atoms with Crippen molar-refractivity contribution in [3.05, 3.63) is 0 Å². The first kappa shape index (κ1) is 17.4. The summed E-state index contributed by atoms with van der Waals surface area (Å²) < 4.78 is 1.88. The van der Waals surface area contributed by atoms with Crippen LogP contribution in [0.4, 0.5) is 0 Å². The molecule has 0 amide bonds. The summed E-state index contributed by atoms with van der Waals surface area (Å²) in [5.74, 6) is 1.12. The molecule has 0 atom stereocenters. The van der Waals surface area contributed by atoms with Gasteiger partial charge in [-0.2, -0.15) is 0 Å². The second kappa shape index (κ2) is 12.1. The average molecular weight is 299 g/mol. The monoisotopic (exact) mass is 299 g/mol. The lowest BCUT2D eigenvalue weighted by Crippen LogP contribution is -2.16. The van der Waals surface area contributed by atoms with Crippen molar-refractivity contribution in [1.29, 1.82) is 0 Å². The number of likely N-dealkylation sites (N-methyl/N-ethyl adjacent to an activating group) is 1. The van der Waals surface area contributed by atoms with Gasteiger partial charge in [0.15, 0.2) is 0 Å². The Labute approximate surface area is 127 Å². The fourth-order valence-electron chi connectivity index (χ4n) is 2.06. The lowest BCUT2D eigenvalue weighted by Gasteiger charge is -2.04. The maximum atomic E-state index is 4.07. The second-order valence-electron chi connectivity index (χ2n) is 5.11. The highest BCUT2D eigenvalue weighted by atomic mass is 32.2. The van der Waals surface area contributed by atoms with Crippen molar-refractivity contribution in [2.24, 2.45) is 0 Å². The van der Waals surface area contributed by atoms with Crippen molar-refractivity contribution in [2.75, 3.05) is 19.3 Å². The highest BCUT2D eigenvalue weighted by Crippen LogP contribution is 2.16. The SMILES string of the molecule is CCCCCCCCCCSc1nnnn1CCNC. The summed E-state index contributed by atoms with van der Waals surface area (Å²) in [7, 11) is 1.94. The summed E-state index contributed by atoms with van der Waals surface area (Å²) in [6.45, 7) is 4.00. The molecule has 6 heteroatoms. The fraction of sp³-hybridized carbons (Fsp3) is 0.929. The van der Waals surface area contributed by atoms with E-state index < -0.39 is 0 Å². The topological polar surface area (TPSA) is 55.6 Å². The molecule has 0 saturated heterocycles. The Morgan fingerprint density at radius 3 is 2.45 bits per heavy atom. The zero-order chi connectivity index (χ0) is 14.5. The van der Waals surface area contributed by atoms with Crippen LogP contribution in [0.3, 0.4) is 0 Å². The highest BCUT2D eigenvalue weighted by molar-refractivity contribution is 7.99. The summed E-state index contributed by atoms with van der Waals surface area (Å²) in [6.07, 6.45) is 10.9.